The van der Waals surface area contributed by atoms with Crippen LogP contribution in [0.5, 0.6) is 0 Å². The minimum atomic E-state index is 0.0807. The fourth-order valence-corrected chi connectivity index (χ4v) is 2.61. The van der Waals surface area contributed by atoms with Crippen LogP contribution in [0.2, 0.25) is 0 Å². The summed E-state index contributed by atoms with van der Waals surface area (Å²) in [6, 6.07) is 7.58. The molecule has 1 aliphatic heterocycles. The van der Waals surface area contributed by atoms with E-state index in [1.807, 2.05) is 24.3 Å². The summed E-state index contributed by atoms with van der Waals surface area (Å²) in [7, 11) is 0. The van der Waals surface area contributed by atoms with E-state index in [1.165, 1.54) is 6.33 Å². The molecule has 0 saturated carbocycles. The molecule has 1 atom stereocenters. The lowest BCUT2D eigenvalue weighted by molar-refractivity contribution is -0.117. The zero-order valence-electron chi connectivity index (χ0n) is 11.8. The molecule has 0 aliphatic carbocycles. The van der Waals surface area contributed by atoms with Gasteiger partial charge in [-0.3, -0.25) is 4.79 Å². The van der Waals surface area contributed by atoms with Gasteiger partial charge in [-0.1, -0.05) is 0 Å². The number of rotatable bonds is 4. The predicted octanol–water partition coefficient (Wildman–Crippen LogP) is 1.60. The first-order valence-electron chi connectivity index (χ1n) is 7.27. The van der Waals surface area contributed by atoms with Crippen molar-refractivity contribution in [3.05, 3.63) is 36.9 Å². The average molecular weight is 285 g/mol. The zero-order valence-corrected chi connectivity index (χ0v) is 11.8. The molecule has 1 fully saturated rings. The van der Waals surface area contributed by atoms with Gasteiger partial charge in [0.25, 0.3) is 0 Å². The van der Waals surface area contributed by atoms with Crippen molar-refractivity contribution in [2.24, 2.45) is 5.92 Å². The molecule has 1 amide bonds. The van der Waals surface area contributed by atoms with Gasteiger partial charge >= 0.3 is 0 Å². The molecule has 1 aromatic heterocycles. The third-order valence-corrected chi connectivity index (χ3v) is 3.71. The molecule has 3 rings (SSSR count). The number of benzene rings is 1. The summed E-state index contributed by atoms with van der Waals surface area (Å²) in [6.07, 6.45) is 6.01. The summed E-state index contributed by atoms with van der Waals surface area (Å²) in [5.74, 6) is 0.533. The van der Waals surface area contributed by atoms with E-state index in [2.05, 4.69) is 20.7 Å². The topological polar surface area (TPSA) is 71.8 Å². The smallest absolute Gasteiger partial charge is 0.224 e. The number of aromatic nitrogens is 3. The second kappa shape index (κ2) is 6.49. The van der Waals surface area contributed by atoms with Crippen LogP contribution in [0.3, 0.4) is 0 Å². The van der Waals surface area contributed by atoms with Crippen LogP contribution in [0.1, 0.15) is 19.3 Å². The molecule has 1 aliphatic rings. The first kappa shape index (κ1) is 13.8. The molecule has 1 saturated heterocycles. The van der Waals surface area contributed by atoms with E-state index in [0.717, 1.165) is 37.3 Å². The van der Waals surface area contributed by atoms with Crippen LogP contribution < -0.4 is 10.6 Å². The minimum Gasteiger partial charge on any atom is -0.326 e. The molecule has 21 heavy (non-hydrogen) atoms. The van der Waals surface area contributed by atoms with Crippen LogP contribution in [-0.2, 0) is 4.79 Å². The van der Waals surface area contributed by atoms with Gasteiger partial charge in [0.1, 0.15) is 12.7 Å². The van der Waals surface area contributed by atoms with Crippen molar-refractivity contribution in [1.29, 1.82) is 0 Å². The van der Waals surface area contributed by atoms with E-state index in [9.17, 15) is 4.79 Å². The molecule has 0 bridgehead atoms. The molecular weight excluding hydrogens is 266 g/mol. The normalized spacial score (nSPS) is 18.4. The first-order chi connectivity index (χ1) is 10.3. The highest BCUT2D eigenvalue weighted by atomic mass is 16.1. The van der Waals surface area contributed by atoms with Gasteiger partial charge in [-0.15, -0.1) is 0 Å². The number of carbonyl (C=O) groups excluding carboxylic acids is 1. The van der Waals surface area contributed by atoms with Crippen LogP contribution in [0, 0.1) is 5.92 Å². The highest BCUT2D eigenvalue weighted by molar-refractivity contribution is 5.90. The van der Waals surface area contributed by atoms with Crippen LogP contribution in [-0.4, -0.2) is 33.8 Å². The monoisotopic (exact) mass is 285 g/mol. The Bertz CT molecular complexity index is 573. The number of hydrogen-bond donors (Lipinski definition) is 2. The van der Waals surface area contributed by atoms with Gasteiger partial charge in [0, 0.05) is 12.1 Å². The number of carbonyl (C=O) groups is 1. The second-order valence-electron chi connectivity index (χ2n) is 5.35. The molecule has 6 heteroatoms. The molecule has 0 radical (unpaired) electrons. The molecule has 2 N–H and O–H groups in total. The number of hydrogen-bond acceptors (Lipinski definition) is 4. The summed E-state index contributed by atoms with van der Waals surface area (Å²) in [5, 5.41) is 10.3. The maximum Gasteiger partial charge on any atom is 0.224 e. The summed E-state index contributed by atoms with van der Waals surface area (Å²) in [4.78, 5) is 15.9. The van der Waals surface area contributed by atoms with Crippen LogP contribution >= 0.6 is 0 Å². The number of amides is 1. The fourth-order valence-electron chi connectivity index (χ4n) is 2.61. The largest absolute Gasteiger partial charge is 0.326 e. The molecular formula is C15H19N5O. The van der Waals surface area contributed by atoms with Crippen molar-refractivity contribution in [2.45, 2.75) is 19.3 Å². The number of nitrogens with zero attached hydrogens (tertiary/aromatic N) is 3. The maximum absolute atomic E-state index is 12.0. The second-order valence-corrected chi connectivity index (χ2v) is 5.35. The highest BCUT2D eigenvalue weighted by Gasteiger charge is 2.16. The van der Waals surface area contributed by atoms with Gasteiger partial charge in [0.15, 0.2) is 0 Å². The fraction of sp³-hybridized carbons (Fsp3) is 0.400. The quantitative estimate of drug-likeness (QED) is 0.895. The molecule has 2 heterocycles. The Kier molecular flexibility index (Phi) is 4.25. The lowest BCUT2D eigenvalue weighted by atomic mass is 9.96. The van der Waals surface area contributed by atoms with Gasteiger partial charge in [-0.25, -0.2) is 9.67 Å². The van der Waals surface area contributed by atoms with E-state index in [0.29, 0.717) is 12.3 Å². The van der Waals surface area contributed by atoms with E-state index < -0.39 is 0 Å². The molecule has 2 aromatic rings. The number of nitrogens with one attached hydrogen (secondary N) is 2. The Morgan fingerprint density at radius 2 is 2.24 bits per heavy atom. The van der Waals surface area contributed by atoms with E-state index in [-0.39, 0.29) is 5.91 Å². The van der Waals surface area contributed by atoms with Gasteiger partial charge in [-0.2, -0.15) is 5.10 Å². The van der Waals surface area contributed by atoms with Crippen molar-refractivity contribution >= 4 is 11.6 Å². The molecule has 1 aromatic carbocycles. The summed E-state index contributed by atoms with van der Waals surface area (Å²) < 4.78 is 1.68. The predicted molar refractivity (Wildman–Crippen MR) is 80.2 cm³/mol. The van der Waals surface area contributed by atoms with E-state index in [4.69, 9.17) is 0 Å². The standard InChI is InChI=1S/C15H19N5O/c21-15(8-12-2-1-7-16-9-12)19-13-3-5-14(6-4-13)20-11-17-10-18-20/h3-6,10-12,16H,1-2,7-9H2,(H,19,21). The van der Waals surface area contributed by atoms with Crippen molar-refractivity contribution in [1.82, 2.24) is 20.1 Å². The summed E-state index contributed by atoms with van der Waals surface area (Å²) in [6.45, 7) is 2.01. The van der Waals surface area contributed by atoms with Crippen LogP contribution in [0.4, 0.5) is 5.69 Å². The van der Waals surface area contributed by atoms with Gasteiger partial charge in [0.05, 0.1) is 5.69 Å². The summed E-state index contributed by atoms with van der Waals surface area (Å²) >= 11 is 0. The van der Waals surface area contributed by atoms with Crippen molar-refractivity contribution < 1.29 is 4.79 Å². The van der Waals surface area contributed by atoms with E-state index in [1.54, 1.807) is 11.0 Å². The first-order valence-corrected chi connectivity index (χ1v) is 7.27. The van der Waals surface area contributed by atoms with Crippen molar-refractivity contribution in [3.8, 4) is 5.69 Å². The van der Waals surface area contributed by atoms with Crippen molar-refractivity contribution in [3.63, 3.8) is 0 Å². The van der Waals surface area contributed by atoms with Crippen molar-refractivity contribution in [2.75, 3.05) is 18.4 Å². The Hall–Kier alpha value is -2.21. The molecule has 6 nitrogen and oxygen atoms in total. The van der Waals surface area contributed by atoms with E-state index >= 15 is 0 Å². The Morgan fingerprint density at radius 3 is 2.90 bits per heavy atom. The Morgan fingerprint density at radius 1 is 1.38 bits per heavy atom. The lowest BCUT2D eigenvalue weighted by Gasteiger charge is -2.22. The van der Waals surface area contributed by atoms with Crippen LogP contribution in [0.15, 0.2) is 36.9 Å². The lowest BCUT2D eigenvalue weighted by Crippen LogP contribution is -2.32. The SMILES string of the molecule is O=C(CC1CCCNC1)Nc1ccc(-n2cncn2)cc1. The average Bonchev–Trinajstić information content (AvgIpc) is 3.03. The van der Waals surface area contributed by atoms with Gasteiger partial charge in [-0.05, 0) is 56.1 Å². The number of piperidine rings is 1. The molecule has 0 spiro atoms. The Balaban J connectivity index is 1.56. The maximum atomic E-state index is 12.0. The molecule has 1 unspecified atom stereocenters. The highest BCUT2D eigenvalue weighted by Crippen LogP contribution is 2.16. The van der Waals surface area contributed by atoms with Gasteiger partial charge in [0.2, 0.25) is 5.91 Å². The Labute approximate surface area is 123 Å². The third kappa shape index (κ3) is 3.66. The third-order valence-electron chi connectivity index (χ3n) is 3.71. The summed E-state index contributed by atoms with van der Waals surface area (Å²) in [5.41, 5.74) is 1.73. The minimum absolute atomic E-state index is 0.0807. The number of anilines is 1. The van der Waals surface area contributed by atoms with Crippen LogP contribution in [0.25, 0.3) is 5.69 Å². The zero-order chi connectivity index (χ0) is 14.5. The molecule has 110 valence electrons. The van der Waals surface area contributed by atoms with Gasteiger partial charge < -0.3 is 10.6 Å².